The topological polar surface area (TPSA) is 118 Å². The van der Waals surface area contributed by atoms with Crippen molar-refractivity contribution in [1.82, 2.24) is 10.6 Å². The highest BCUT2D eigenvalue weighted by molar-refractivity contribution is 6.38. The summed E-state index contributed by atoms with van der Waals surface area (Å²) in [7, 11) is 0. The second kappa shape index (κ2) is 8.18. The first-order chi connectivity index (χ1) is 12.2. The Labute approximate surface area is 154 Å². The van der Waals surface area contributed by atoms with Crippen LogP contribution in [0.15, 0.2) is 0 Å². The van der Waals surface area contributed by atoms with Crippen LogP contribution < -0.4 is 16.4 Å². The van der Waals surface area contributed by atoms with Crippen molar-refractivity contribution in [3.05, 3.63) is 0 Å². The molecule has 0 bridgehead atoms. The van der Waals surface area contributed by atoms with Crippen molar-refractivity contribution in [2.75, 3.05) is 6.54 Å². The zero-order valence-electron chi connectivity index (χ0n) is 15.9. The molecular formula is C19H31N3O4. The number of nitrogens with two attached hydrogens (primary N) is 1. The van der Waals surface area contributed by atoms with E-state index in [9.17, 15) is 19.2 Å². The van der Waals surface area contributed by atoms with Gasteiger partial charge >= 0.3 is 6.03 Å². The van der Waals surface area contributed by atoms with Gasteiger partial charge in [-0.15, -0.1) is 0 Å². The van der Waals surface area contributed by atoms with Crippen LogP contribution in [0, 0.1) is 10.8 Å². The average molecular weight is 365 g/mol. The quantitative estimate of drug-likeness (QED) is 0.540. The van der Waals surface area contributed by atoms with Gasteiger partial charge < -0.3 is 16.4 Å². The monoisotopic (exact) mass is 365 g/mol. The van der Waals surface area contributed by atoms with E-state index in [2.05, 4.69) is 17.6 Å². The molecule has 4 N–H and O–H groups in total. The number of Topliss-reactive ketones (excluding diaryl/α,β-unsaturated/α-hetero) is 2. The van der Waals surface area contributed by atoms with Gasteiger partial charge in [-0.3, -0.25) is 14.4 Å². The van der Waals surface area contributed by atoms with Crippen molar-refractivity contribution in [2.24, 2.45) is 16.6 Å². The van der Waals surface area contributed by atoms with E-state index in [0.29, 0.717) is 25.8 Å². The number of hydrogen-bond donors (Lipinski definition) is 3. The minimum absolute atomic E-state index is 0.0142. The summed E-state index contributed by atoms with van der Waals surface area (Å²) >= 11 is 0. The molecule has 2 aliphatic carbocycles. The Morgan fingerprint density at radius 3 is 2.12 bits per heavy atom. The minimum Gasteiger partial charge on any atom is -0.363 e. The first-order valence-electron chi connectivity index (χ1n) is 9.63. The molecule has 0 unspecified atom stereocenters. The van der Waals surface area contributed by atoms with Crippen molar-refractivity contribution in [1.29, 1.82) is 0 Å². The summed E-state index contributed by atoms with van der Waals surface area (Å²) in [6.45, 7) is 4.42. The second-order valence-corrected chi connectivity index (χ2v) is 8.25. The molecule has 2 saturated carbocycles. The summed E-state index contributed by atoms with van der Waals surface area (Å²) in [5.41, 5.74) is 4.23. The smallest absolute Gasteiger partial charge is 0.315 e. The molecule has 0 aliphatic heterocycles. The van der Waals surface area contributed by atoms with Crippen LogP contribution in [-0.4, -0.2) is 36.1 Å². The molecule has 2 fully saturated rings. The van der Waals surface area contributed by atoms with E-state index < -0.39 is 23.1 Å². The third-order valence-corrected chi connectivity index (χ3v) is 6.07. The maximum absolute atomic E-state index is 13.0. The third-order valence-electron chi connectivity index (χ3n) is 6.07. The number of hydrogen-bond acceptors (Lipinski definition) is 4. The maximum Gasteiger partial charge on any atom is 0.315 e. The number of nitrogens with one attached hydrogen (secondary N) is 2. The number of urea groups is 1. The summed E-state index contributed by atoms with van der Waals surface area (Å²) in [4.78, 5) is 48.6. The van der Waals surface area contributed by atoms with Crippen LogP contribution in [0.25, 0.3) is 0 Å². The standard InChI is InChI=1S/C19H31N3O4/c1-3-21-17(26)22-13(11-18(2)7-4-5-8-18)14(23)12-19(9-6-10-19)15(24)16(20)25/h13H,3-12H2,1-2H3,(H2,20,25)(H2,21,22,26)/t13-/m0/s1. The van der Waals surface area contributed by atoms with Crippen LogP contribution in [0.5, 0.6) is 0 Å². The molecule has 0 heterocycles. The summed E-state index contributed by atoms with van der Waals surface area (Å²) in [5, 5.41) is 5.44. The minimum atomic E-state index is -0.978. The maximum atomic E-state index is 13.0. The number of carbonyl (C=O) groups is 4. The predicted octanol–water partition coefficient (Wildman–Crippen LogP) is 1.83. The molecule has 0 saturated heterocycles. The number of ketones is 2. The number of carbonyl (C=O) groups excluding carboxylic acids is 4. The van der Waals surface area contributed by atoms with Crippen molar-refractivity contribution >= 4 is 23.5 Å². The van der Waals surface area contributed by atoms with E-state index in [-0.39, 0.29) is 23.7 Å². The summed E-state index contributed by atoms with van der Waals surface area (Å²) in [5.74, 6) is -1.81. The van der Waals surface area contributed by atoms with E-state index in [1.54, 1.807) is 0 Å². The molecule has 0 aromatic carbocycles. The first kappa shape index (κ1) is 20.4. The average Bonchev–Trinajstić information content (AvgIpc) is 2.96. The Morgan fingerprint density at radius 2 is 1.65 bits per heavy atom. The van der Waals surface area contributed by atoms with Gasteiger partial charge in [-0.1, -0.05) is 26.2 Å². The highest BCUT2D eigenvalue weighted by Gasteiger charge is 2.49. The van der Waals surface area contributed by atoms with Crippen molar-refractivity contribution in [2.45, 2.75) is 77.7 Å². The van der Waals surface area contributed by atoms with Gasteiger partial charge in [0, 0.05) is 18.4 Å². The normalized spacial score (nSPS) is 21.3. The van der Waals surface area contributed by atoms with Gasteiger partial charge in [0.25, 0.3) is 5.91 Å². The SMILES string of the molecule is CCNC(=O)N[C@@H](CC1(C)CCCC1)C(=O)CC1(C(=O)C(N)=O)CCC1. The summed E-state index contributed by atoms with van der Waals surface area (Å²) < 4.78 is 0. The van der Waals surface area contributed by atoms with E-state index in [4.69, 9.17) is 5.73 Å². The third kappa shape index (κ3) is 4.62. The van der Waals surface area contributed by atoms with Crippen molar-refractivity contribution < 1.29 is 19.2 Å². The van der Waals surface area contributed by atoms with Crippen LogP contribution in [0.3, 0.4) is 0 Å². The first-order valence-corrected chi connectivity index (χ1v) is 9.63. The zero-order valence-corrected chi connectivity index (χ0v) is 15.9. The Bertz CT molecular complexity index is 577. The Balaban J connectivity index is 2.12. The van der Waals surface area contributed by atoms with Gasteiger partial charge in [-0.2, -0.15) is 0 Å². The highest BCUT2D eigenvalue weighted by Crippen LogP contribution is 2.46. The Kier molecular flexibility index (Phi) is 6.42. The van der Waals surface area contributed by atoms with Crippen molar-refractivity contribution in [3.8, 4) is 0 Å². The fourth-order valence-electron chi connectivity index (χ4n) is 4.35. The van der Waals surface area contributed by atoms with E-state index in [0.717, 1.165) is 32.1 Å². The predicted molar refractivity (Wildman–Crippen MR) is 97.3 cm³/mol. The largest absolute Gasteiger partial charge is 0.363 e. The molecule has 7 heteroatoms. The molecule has 2 aliphatic rings. The summed E-state index contributed by atoms with van der Waals surface area (Å²) in [6, 6.07) is -1.03. The highest BCUT2D eigenvalue weighted by atomic mass is 16.2. The lowest BCUT2D eigenvalue weighted by Gasteiger charge is -2.40. The molecule has 0 aromatic heterocycles. The number of rotatable bonds is 9. The molecule has 0 aromatic rings. The lowest BCUT2D eigenvalue weighted by Crippen LogP contribution is -2.52. The summed E-state index contributed by atoms with van der Waals surface area (Å²) in [6.07, 6.45) is 6.66. The van der Waals surface area contributed by atoms with Crippen LogP contribution in [0.1, 0.15) is 71.6 Å². The van der Waals surface area contributed by atoms with Crippen molar-refractivity contribution in [3.63, 3.8) is 0 Å². The van der Waals surface area contributed by atoms with Crippen LogP contribution in [0.2, 0.25) is 0 Å². The van der Waals surface area contributed by atoms with E-state index >= 15 is 0 Å². The lowest BCUT2D eigenvalue weighted by atomic mass is 9.62. The van der Waals surface area contributed by atoms with Gasteiger partial charge in [0.2, 0.25) is 5.78 Å². The van der Waals surface area contributed by atoms with E-state index in [1.807, 2.05) is 6.92 Å². The number of primary amides is 1. The van der Waals surface area contributed by atoms with E-state index in [1.165, 1.54) is 0 Å². The molecule has 26 heavy (non-hydrogen) atoms. The van der Waals surface area contributed by atoms with Gasteiger partial charge in [0.15, 0.2) is 5.78 Å². The van der Waals surface area contributed by atoms with Gasteiger partial charge in [-0.25, -0.2) is 4.79 Å². The second-order valence-electron chi connectivity index (χ2n) is 8.25. The molecule has 2 rings (SSSR count). The Hall–Kier alpha value is -1.92. The zero-order chi connectivity index (χ0) is 19.4. The fraction of sp³-hybridized carbons (Fsp3) is 0.789. The Morgan fingerprint density at radius 1 is 1.04 bits per heavy atom. The fourth-order valence-corrected chi connectivity index (χ4v) is 4.35. The molecule has 0 radical (unpaired) electrons. The molecule has 146 valence electrons. The molecule has 3 amide bonds. The van der Waals surface area contributed by atoms with Crippen LogP contribution in [0.4, 0.5) is 4.79 Å². The van der Waals surface area contributed by atoms with Gasteiger partial charge in [0.05, 0.1) is 6.04 Å². The van der Waals surface area contributed by atoms with Crippen LogP contribution >= 0.6 is 0 Å². The lowest BCUT2D eigenvalue weighted by molar-refractivity contribution is -0.148. The van der Waals surface area contributed by atoms with Crippen LogP contribution in [-0.2, 0) is 14.4 Å². The molecule has 1 atom stereocenters. The number of amides is 3. The molecule has 7 nitrogen and oxygen atoms in total. The van der Waals surface area contributed by atoms with Gasteiger partial charge in [-0.05, 0) is 44.4 Å². The molecule has 0 spiro atoms. The van der Waals surface area contributed by atoms with Gasteiger partial charge in [0.1, 0.15) is 0 Å². The molecular weight excluding hydrogens is 334 g/mol.